The van der Waals surface area contributed by atoms with Crippen molar-refractivity contribution in [3.05, 3.63) is 54.1 Å². The maximum absolute atomic E-state index is 4.05. The second-order valence-electron chi connectivity index (χ2n) is 6.70. The topological polar surface area (TPSA) is 29.9 Å². The molecule has 0 saturated carbocycles. The maximum atomic E-state index is 4.05. The van der Waals surface area contributed by atoms with Crippen LogP contribution in [0, 0.1) is 0 Å². The van der Waals surface area contributed by atoms with Gasteiger partial charge in [0.15, 0.2) is 0 Å². The molecule has 1 unspecified atom stereocenters. The van der Waals surface area contributed by atoms with E-state index in [4.69, 9.17) is 0 Å². The molecule has 2 aromatic rings. The molecule has 1 heterocycles. The summed E-state index contributed by atoms with van der Waals surface area (Å²) in [5, 5.41) is 3.59. The minimum absolute atomic E-state index is 0.222. The third-order valence-electron chi connectivity index (χ3n) is 3.88. The molecule has 0 radical (unpaired) electrons. The third-order valence-corrected chi connectivity index (χ3v) is 3.88. The summed E-state index contributed by atoms with van der Waals surface area (Å²) in [6, 6.07) is 9.38. The van der Waals surface area contributed by atoms with Crippen molar-refractivity contribution in [2.24, 2.45) is 0 Å². The van der Waals surface area contributed by atoms with Gasteiger partial charge in [-0.1, -0.05) is 45.0 Å². The van der Waals surface area contributed by atoms with Crippen LogP contribution in [0.25, 0.3) is 0 Å². The Hall–Kier alpha value is -1.61. The highest BCUT2D eigenvalue weighted by Crippen LogP contribution is 2.23. The summed E-state index contributed by atoms with van der Waals surface area (Å²) in [5.74, 6) is 0. The highest BCUT2D eigenvalue weighted by atomic mass is 15.0. The summed E-state index contributed by atoms with van der Waals surface area (Å²) in [6.45, 7) is 11.0. The Bertz CT molecular complexity index is 521. The Morgan fingerprint density at radius 3 is 2.48 bits per heavy atom. The molecule has 1 N–H and O–H groups in total. The molecule has 0 amide bonds. The van der Waals surface area contributed by atoms with Crippen LogP contribution in [0.2, 0.25) is 0 Å². The number of nitrogens with one attached hydrogen (secondary N) is 1. The van der Waals surface area contributed by atoms with Crippen LogP contribution in [0.15, 0.2) is 43.0 Å². The van der Waals surface area contributed by atoms with E-state index in [-0.39, 0.29) is 5.41 Å². The first kappa shape index (κ1) is 15.8. The predicted molar refractivity (Wildman–Crippen MR) is 88.4 cm³/mol. The average Bonchev–Trinajstić information content (AvgIpc) is 2.96. The molecular formula is C18H27N3. The van der Waals surface area contributed by atoms with Crippen molar-refractivity contribution in [2.45, 2.75) is 52.1 Å². The molecule has 1 aromatic heterocycles. The monoisotopic (exact) mass is 285 g/mol. The Morgan fingerprint density at radius 2 is 1.90 bits per heavy atom. The van der Waals surface area contributed by atoms with Gasteiger partial charge in [-0.2, -0.15) is 0 Å². The van der Waals surface area contributed by atoms with E-state index in [1.54, 1.807) is 0 Å². The summed E-state index contributed by atoms with van der Waals surface area (Å²) in [7, 11) is 0. The Labute approximate surface area is 128 Å². The van der Waals surface area contributed by atoms with E-state index >= 15 is 0 Å². The van der Waals surface area contributed by atoms with Gasteiger partial charge in [0.1, 0.15) is 0 Å². The zero-order chi connectivity index (χ0) is 15.3. The lowest BCUT2D eigenvalue weighted by Gasteiger charge is -2.20. The number of aryl methyl sites for hydroxylation is 1. The van der Waals surface area contributed by atoms with E-state index in [9.17, 15) is 0 Å². The fraction of sp³-hybridized carbons (Fsp3) is 0.500. The number of hydrogen-bond donors (Lipinski definition) is 1. The van der Waals surface area contributed by atoms with Gasteiger partial charge in [-0.15, -0.1) is 0 Å². The van der Waals surface area contributed by atoms with Gasteiger partial charge < -0.3 is 9.88 Å². The fourth-order valence-corrected chi connectivity index (χ4v) is 2.39. The van der Waals surface area contributed by atoms with Crippen molar-refractivity contribution in [1.82, 2.24) is 14.9 Å². The largest absolute Gasteiger partial charge is 0.337 e. The van der Waals surface area contributed by atoms with Crippen LogP contribution < -0.4 is 5.32 Å². The first-order chi connectivity index (χ1) is 9.97. The first-order valence-corrected chi connectivity index (χ1v) is 7.76. The zero-order valence-corrected chi connectivity index (χ0v) is 13.6. The van der Waals surface area contributed by atoms with Crippen molar-refractivity contribution < 1.29 is 0 Å². The molecule has 0 saturated heterocycles. The number of rotatable bonds is 6. The average molecular weight is 285 g/mol. The van der Waals surface area contributed by atoms with E-state index in [0.29, 0.717) is 6.04 Å². The lowest BCUT2D eigenvalue weighted by molar-refractivity contribution is 0.526. The molecule has 1 atom stereocenters. The van der Waals surface area contributed by atoms with E-state index < -0.39 is 0 Å². The van der Waals surface area contributed by atoms with Crippen molar-refractivity contribution in [1.29, 1.82) is 0 Å². The van der Waals surface area contributed by atoms with Crippen LogP contribution in [0.5, 0.6) is 0 Å². The van der Waals surface area contributed by atoms with Crippen LogP contribution in [0.3, 0.4) is 0 Å². The molecule has 0 bridgehead atoms. The van der Waals surface area contributed by atoms with Crippen molar-refractivity contribution in [3.8, 4) is 0 Å². The Balaban J connectivity index is 1.79. The summed E-state index contributed by atoms with van der Waals surface area (Å²) in [5.41, 5.74) is 2.96. The number of benzene rings is 1. The molecule has 114 valence electrons. The molecule has 0 spiro atoms. The lowest BCUT2D eigenvalue weighted by Crippen LogP contribution is -2.21. The van der Waals surface area contributed by atoms with Gasteiger partial charge in [0.2, 0.25) is 0 Å². The summed E-state index contributed by atoms with van der Waals surface area (Å²) in [6.07, 6.45) is 6.82. The number of aromatic nitrogens is 2. The predicted octanol–water partition coefficient (Wildman–Crippen LogP) is 3.92. The third kappa shape index (κ3) is 4.71. The summed E-state index contributed by atoms with van der Waals surface area (Å²) >= 11 is 0. The minimum Gasteiger partial charge on any atom is -0.337 e. The molecule has 0 aliphatic carbocycles. The van der Waals surface area contributed by atoms with Crippen molar-refractivity contribution >= 4 is 0 Å². The fourth-order valence-electron chi connectivity index (χ4n) is 2.39. The Morgan fingerprint density at radius 1 is 1.19 bits per heavy atom. The molecule has 3 heteroatoms. The summed E-state index contributed by atoms with van der Waals surface area (Å²) < 4.78 is 2.12. The summed E-state index contributed by atoms with van der Waals surface area (Å²) in [4.78, 5) is 4.05. The van der Waals surface area contributed by atoms with E-state index in [1.165, 1.54) is 11.1 Å². The molecular weight excluding hydrogens is 258 g/mol. The van der Waals surface area contributed by atoms with Crippen LogP contribution >= 0.6 is 0 Å². The Kier molecular flexibility index (Phi) is 5.18. The first-order valence-electron chi connectivity index (χ1n) is 7.76. The van der Waals surface area contributed by atoms with Crippen LogP contribution in [-0.4, -0.2) is 16.1 Å². The highest BCUT2D eigenvalue weighted by molar-refractivity contribution is 5.28. The highest BCUT2D eigenvalue weighted by Gasteiger charge is 2.13. The van der Waals surface area contributed by atoms with Gasteiger partial charge >= 0.3 is 0 Å². The molecule has 0 aliphatic heterocycles. The van der Waals surface area contributed by atoms with Crippen LogP contribution in [-0.2, 0) is 12.0 Å². The standard InChI is InChI=1S/C18H27N3/c1-15(20-10-5-12-21-13-11-19-14-21)16-6-8-17(9-7-16)18(2,3)4/h6-9,11,13-15,20H,5,10,12H2,1-4H3. The van der Waals surface area contributed by atoms with Gasteiger partial charge in [-0.25, -0.2) is 4.98 Å². The second kappa shape index (κ2) is 6.90. The van der Waals surface area contributed by atoms with Crippen LogP contribution in [0.1, 0.15) is 51.3 Å². The van der Waals surface area contributed by atoms with Gasteiger partial charge in [0, 0.05) is 25.0 Å². The molecule has 0 fully saturated rings. The smallest absolute Gasteiger partial charge is 0.0945 e. The molecule has 21 heavy (non-hydrogen) atoms. The van der Waals surface area contributed by atoms with Gasteiger partial charge in [-0.05, 0) is 36.4 Å². The number of nitrogens with zero attached hydrogens (tertiary/aromatic N) is 2. The number of hydrogen-bond acceptors (Lipinski definition) is 2. The van der Waals surface area contributed by atoms with Gasteiger partial charge in [-0.3, -0.25) is 0 Å². The lowest BCUT2D eigenvalue weighted by atomic mass is 9.86. The zero-order valence-electron chi connectivity index (χ0n) is 13.6. The van der Waals surface area contributed by atoms with Gasteiger partial charge in [0.05, 0.1) is 6.33 Å². The quantitative estimate of drug-likeness (QED) is 0.815. The molecule has 2 rings (SSSR count). The normalized spacial score (nSPS) is 13.3. The van der Waals surface area contributed by atoms with Crippen LogP contribution in [0.4, 0.5) is 0 Å². The van der Waals surface area contributed by atoms with Crippen molar-refractivity contribution in [2.75, 3.05) is 6.54 Å². The van der Waals surface area contributed by atoms with Gasteiger partial charge in [0.25, 0.3) is 0 Å². The maximum Gasteiger partial charge on any atom is 0.0945 e. The molecule has 3 nitrogen and oxygen atoms in total. The van der Waals surface area contributed by atoms with Crippen molar-refractivity contribution in [3.63, 3.8) is 0 Å². The van der Waals surface area contributed by atoms with E-state index in [2.05, 4.69) is 66.8 Å². The molecule has 0 aliphatic rings. The SMILES string of the molecule is CC(NCCCn1ccnc1)c1ccc(C(C)(C)C)cc1. The number of imidazole rings is 1. The molecule has 1 aromatic carbocycles. The second-order valence-corrected chi connectivity index (χ2v) is 6.70. The van der Waals surface area contributed by atoms with E-state index in [1.807, 2.05) is 18.7 Å². The van der Waals surface area contributed by atoms with E-state index in [0.717, 1.165) is 19.5 Å². The minimum atomic E-state index is 0.222.